The van der Waals surface area contributed by atoms with Gasteiger partial charge in [0.25, 0.3) is 0 Å². The van der Waals surface area contributed by atoms with Crippen molar-refractivity contribution in [3.63, 3.8) is 0 Å². The summed E-state index contributed by atoms with van der Waals surface area (Å²) in [5.74, 6) is 4.40. The zero-order valence-corrected chi connectivity index (χ0v) is 18.3. The van der Waals surface area contributed by atoms with Gasteiger partial charge >= 0.3 is 5.97 Å². The standard InChI is InChI=1S/C25H23NO5S/c1-2-31-22-12-6-11-21(18-22)20-13-15-23(16-14-20)32(29,30)25(26,24(27)28)17-7-10-19-8-4-3-5-9-19/h3-6,8-9,11-16,18H,2,17,26H2,1H3,(H,27,28). The Morgan fingerprint density at radius 1 is 1.00 bits per heavy atom. The molecule has 32 heavy (non-hydrogen) atoms. The van der Waals surface area contributed by atoms with E-state index in [0.717, 1.165) is 11.1 Å². The average molecular weight is 450 g/mol. The lowest BCUT2D eigenvalue weighted by molar-refractivity contribution is -0.139. The summed E-state index contributed by atoms with van der Waals surface area (Å²) in [6.07, 6.45) is -0.558. The molecule has 0 aliphatic heterocycles. The SMILES string of the molecule is CCOc1cccc(-c2ccc(S(=O)(=O)C(N)(CC#Cc3ccccc3)C(=O)O)cc2)c1. The Hall–Kier alpha value is -3.60. The summed E-state index contributed by atoms with van der Waals surface area (Å²) in [5, 5.41) is 9.65. The number of carboxylic acids is 1. The predicted octanol–water partition coefficient (Wildman–Crippen LogP) is 3.71. The van der Waals surface area contributed by atoms with Crippen LogP contribution in [0.3, 0.4) is 0 Å². The van der Waals surface area contributed by atoms with Crippen molar-refractivity contribution >= 4 is 15.8 Å². The van der Waals surface area contributed by atoms with Gasteiger partial charge in [-0.2, -0.15) is 0 Å². The van der Waals surface area contributed by atoms with Crippen LogP contribution < -0.4 is 10.5 Å². The Morgan fingerprint density at radius 2 is 1.69 bits per heavy atom. The molecule has 1 unspecified atom stereocenters. The summed E-state index contributed by atoms with van der Waals surface area (Å²) in [4.78, 5) is 9.12. The van der Waals surface area contributed by atoms with E-state index in [1.165, 1.54) is 12.1 Å². The van der Waals surface area contributed by atoms with Crippen molar-refractivity contribution < 1.29 is 23.1 Å². The highest BCUT2D eigenvalue weighted by molar-refractivity contribution is 7.93. The minimum absolute atomic E-state index is 0.186. The topological polar surface area (TPSA) is 107 Å². The zero-order chi connectivity index (χ0) is 23.2. The highest BCUT2D eigenvalue weighted by Gasteiger charge is 2.48. The summed E-state index contributed by atoms with van der Waals surface area (Å²) in [6, 6.07) is 22.1. The second kappa shape index (κ2) is 9.69. The van der Waals surface area contributed by atoms with Crippen LogP contribution in [0.15, 0.2) is 83.8 Å². The van der Waals surface area contributed by atoms with E-state index in [0.29, 0.717) is 17.9 Å². The Balaban J connectivity index is 1.90. The molecule has 0 amide bonds. The average Bonchev–Trinajstić information content (AvgIpc) is 2.80. The second-order valence-corrected chi connectivity index (χ2v) is 9.23. The van der Waals surface area contributed by atoms with Crippen LogP contribution in [-0.4, -0.2) is 31.0 Å². The van der Waals surface area contributed by atoms with E-state index in [4.69, 9.17) is 10.5 Å². The van der Waals surface area contributed by atoms with Gasteiger partial charge in [-0.3, -0.25) is 0 Å². The lowest BCUT2D eigenvalue weighted by Gasteiger charge is -2.22. The van der Waals surface area contributed by atoms with E-state index >= 15 is 0 Å². The van der Waals surface area contributed by atoms with E-state index < -0.39 is 27.1 Å². The number of carboxylic acid groups (broad SMARTS) is 1. The minimum atomic E-state index is -4.42. The molecule has 0 spiro atoms. The fourth-order valence-electron chi connectivity index (χ4n) is 3.05. The second-order valence-electron chi connectivity index (χ2n) is 7.03. The lowest BCUT2D eigenvalue weighted by atomic mass is 10.1. The molecule has 0 bridgehead atoms. The molecular formula is C25H23NO5S. The van der Waals surface area contributed by atoms with Crippen LogP contribution in [0, 0.1) is 11.8 Å². The number of nitrogens with two attached hydrogens (primary N) is 1. The molecule has 0 aliphatic rings. The van der Waals surface area contributed by atoms with E-state index in [1.807, 2.05) is 37.3 Å². The molecule has 0 radical (unpaired) electrons. The number of sulfone groups is 1. The Labute approximate surface area is 187 Å². The first-order valence-corrected chi connectivity index (χ1v) is 11.4. The van der Waals surface area contributed by atoms with Crippen molar-refractivity contribution in [2.45, 2.75) is 23.1 Å². The van der Waals surface area contributed by atoms with Gasteiger partial charge in [-0.15, -0.1) is 0 Å². The highest BCUT2D eigenvalue weighted by atomic mass is 32.2. The quantitative estimate of drug-likeness (QED) is 0.533. The third kappa shape index (κ3) is 4.83. The fraction of sp³-hybridized carbons (Fsp3) is 0.160. The van der Waals surface area contributed by atoms with Crippen LogP contribution in [0.2, 0.25) is 0 Å². The summed E-state index contributed by atoms with van der Waals surface area (Å²) < 4.78 is 31.8. The van der Waals surface area contributed by atoms with Crippen LogP contribution in [0.4, 0.5) is 0 Å². The van der Waals surface area contributed by atoms with E-state index in [2.05, 4.69) is 11.8 Å². The van der Waals surface area contributed by atoms with Gasteiger partial charge in [0.1, 0.15) is 5.75 Å². The van der Waals surface area contributed by atoms with Gasteiger partial charge in [-0.05, 0) is 54.4 Å². The first-order valence-electron chi connectivity index (χ1n) is 9.92. The Bertz CT molecular complexity index is 1260. The number of carbonyl (C=O) groups is 1. The molecule has 6 nitrogen and oxygen atoms in total. The first kappa shape index (κ1) is 23.1. The van der Waals surface area contributed by atoms with Crippen LogP contribution in [0.1, 0.15) is 18.9 Å². The smallest absolute Gasteiger partial charge is 0.340 e. The predicted molar refractivity (Wildman–Crippen MR) is 123 cm³/mol. The third-order valence-corrected chi connectivity index (χ3v) is 7.01. The van der Waals surface area contributed by atoms with Gasteiger partial charge in [0.05, 0.1) is 17.9 Å². The molecular weight excluding hydrogens is 426 g/mol. The van der Waals surface area contributed by atoms with E-state index in [1.54, 1.807) is 36.4 Å². The molecule has 7 heteroatoms. The first-order chi connectivity index (χ1) is 15.3. The number of hydrogen-bond donors (Lipinski definition) is 2. The third-order valence-electron chi connectivity index (χ3n) is 4.84. The van der Waals surface area contributed by atoms with Crippen LogP contribution in [0.5, 0.6) is 5.75 Å². The van der Waals surface area contributed by atoms with Crippen molar-refractivity contribution in [1.82, 2.24) is 0 Å². The molecule has 3 aromatic rings. The van der Waals surface area contributed by atoms with Gasteiger partial charge in [-0.1, -0.05) is 54.3 Å². The number of aliphatic carboxylic acids is 1. The number of rotatable bonds is 7. The van der Waals surface area contributed by atoms with Crippen molar-refractivity contribution in [1.29, 1.82) is 0 Å². The molecule has 3 rings (SSSR count). The molecule has 0 saturated heterocycles. The zero-order valence-electron chi connectivity index (χ0n) is 17.5. The van der Waals surface area contributed by atoms with Crippen molar-refractivity contribution in [3.05, 3.63) is 84.4 Å². The van der Waals surface area contributed by atoms with Crippen molar-refractivity contribution in [2.24, 2.45) is 5.73 Å². The molecule has 0 heterocycles. The Kier molecular flexibility index (Phi) is 6.98. The molecule has 164 valence electrons. The molecule has 0 saturated carbocycles. The van der Waals surface area contributed by atoms with Crippen molar-refractivity contribution in [2.75, 3.05) is 6.61 Å². The van der Waals surface area contributed by atoms with Gasteiger partial charge in [0.2, 0.25) is 14.7 Å². The van der Waals surface area contributed by atoms with Crippen LogP contribution >= 0.6 is 0 Å². The molecule has 3 aromatic carbocycles. The fourth-order valence-corrected chi connectivity index (χ4v) is 4.46. The van der Waals surface area contributed by atoms with Crippen LogP contribution in [0.25, 0.3) is 11.1 Å². The monoisotopic (exact) mass is 449 g/mol. The normalized spacial score (nSPS) is 12.8. The number of hydrogen-bond acceptors (Lipinski definition) is 5. The van der Waals surface area contributed by atoms with Gasteiger partial charge < -0.3 is 15.6 Å². The molecule has 0 aromatic heterocycles. The van der Waals surface area contributed by atoms with Crippen LogP contribution in [-0.2, 0) is 14.6 Å². The van der Waals surface area contributed by atoms with Crippen molar-refractivity contribution in [3.8, 4) is 28.7 Å². The maximum absolute atomic E-state index is 13.1. The highest BCUT2D eigenvalue weighted by Crippen LogP contribution is 2.29. The Morgan fingerprint density at radius 3 is 2.31 bits per heavy atom. The maximum atomic E-state index is 13.1. The molecule has 1 atom stereocenters. The molecule has 3 N–H and O–H groups in total. The summed E-state index contributed by atoms with van der Waals surface area (Å²) in [7, 11) is -4.42. The summed E-state index contributed by atoms with van der Waals surface area (Å²) >= 11 is 0. The lowest BCUT2D eigenvalue weighted by Crippen LogP contribution is -2.54. The molecule has 0 fully saturated rings. The summed E-state index contributed by atoms with van der Waals surface area (Å²) in [6.45, 7) is 2.42. The van der Waals surface area contributed by atoms with Gasteiger partial charge in [-0.25, -0.2) is 13.2 Å². The molecule has 0 aliphatic carbocycles. The summed E-state index contributed by atoms with van der Waals surface area (Å²) in [5.41, 5.74) is 8.14. The largest absolute Gasteiger partial charge is 0.494 e. The minimum Gasteiger partial charge on any atom is -0.494 e. The number of benzene rings is 3. The van der Waals surface area contributed by atoms with Gasteiger partial charge in [0.15, 0.2) is 0 Å². The van der Waals surface area contributed by atoms with E-state index in [-0.39, 0.29) is 4.90 Å². The van der Waals surface area contributed by atoms with E-state index in [9.17, 15) is 18.3 Å². The maximum Gasteiger partial charge on any atom is 0.340 e. The van der Waals surface area contributed by atoms with Gasteiger partial charge in [0, 0.05) is 5.56 Å². The number of ether oxygens (including phenoxy) is 1.